The van der Waals surface area contributed by atoms with Crippen LogP contribution in [0.4, 0.5) is 0 Å². The molecule has 1 aliphatic heterocycles. The van der Waals surface area contributed by atoms with Crippen molar-refractivity contribution >= 4 is 0 Å². The van der Waals surface area contributed by atoms with Gasteiger partial charge in [0.15, 0.2) is 0 Å². The molecule has 84 valence electrons. The third-order valence-electron chi connectivity index (χ3n) is 2.88. The average molecular weight is 199 g/mol. The summed E-state index contributed by atoms with van der Waals surface area (Å²) in [6.07, 6.45) is 5.66. The molecule has 2 nitrogen and oxygen atoms in total. The van der Waals surface area contributed by atoms with E-state index in [2.05, 4.69) is 26.1 Å². The van der Waals surface area contributed by atoms with Crippen LogP contribution in [0.25, 0.3) is 0 Å². The van der Waals surface area contributed by atoms with Crippen LogP contribution in [-0.4, -0.2) is 25.3 Å². The summed E-state index contributed by atoms with van der Waals surface area (Å²) in [5.41, 5.74) is 0. The van der Waals surface area contributed by atoms with Gasteiger partial charge in [-0.05, 0) is 38.1 Å². The van der Waals surface area contributed by atoms with Crippen LogP contribution in [0.15, 0.2) is 0 Å². The molecule has 0 saturated carbocycles. The lowest BCUT2D eigenvalue weighted by Crippen LogP contribution is -2.28. The van der Waals surface area contributed by atoms with Crippen molar-refractivity contribution < 1.29 is 4.74 Å². The minimum Gasteiger partial charge on any atom is -0.378 e. The first kappa shape index (κ1) is 12.0. The Morgan fingerprint density at radius 3 is 2.71 bits per heavy atom. The predicted molar refractivity (Wildman–Crippen MR) is 60.5 cm³/mol. The Hall–Kier alpha value is -0.0800. The monoisotopic (exact) mass is 199 g/mol. The summed E-state index contributed by atoms with van der Waals surface area (Å²) in [5.74, 6) is 0.779. The largest absolute Gasteiger partial charge is 0.378 e. The fraction of sp³-hybridized carbons (Fsp3) is 1.00. The van der Waals surface area contributed by atoms with Gasteiger partial charge in [0.25, 0.3) is 0 Å². The molecule has 14 heavy (non-hydrogen) atoms. The number of ether oxygens (including phenoxy) is 1. The van der Waals surface area contributed by atoms with E-state index in [-0.39, 0.29) is 0 Å². The molecular weight excluding hydrogens is 174 g/mol. The Labute approximate surface area is 88.4 Å². The maximum atomic E-state index is 5.61. The summed E-state index contributed by atoms with van der Waals surface area (Å²) in [7, 11) is 0. The minimum atomic E-state index is 0.566. The molecule has 2 unspecified atom stereocenters. The molecule has 1 N–H and O–H groups in total. The number of hydrogen-bond donors (Lipinski definition) is 1. The second-order valence-electron chi connectivity index (χ2n) is 4.88. The van der Waals surface area contributed by atoms with Gasteiger partial charge in [0.05, 0.1) is 6.10 Å². The second kappa shape index (κ2) is 6.41. The summed E-state index contributed by atoms with van der Waals surface area (Å²) < 4.78 is 5.61. The molecule has 2 heteroatoms. The van der Waals surface area contributed by atoms with Gasteiger partial charge in [0, 0.05) is 12.6 Å². The maximum Gasteiger partial charge on any atom is 0.0576 e. The van der Waals surface area contributed by atoms with E-state index in [0.717, 1.165) is 19.1 Å². The maximum absolute atomic E-state index is 5.61. The van der Waals surface area contributed by atoms with E-state index in [9.17, 15) is 0 Å². The molecule has 0 aromatic rings. The molecule has 0 spiro atoms. The van der Waals surface area contributed by atoms with E-state index in [1.54, 1.807) is 0 Å². The van der Waals surface area contributed by atoms with Gasteiger partial charge >= 0.3 is 0 Å². The third-order valence-corrected chi connectivity index (χ3v) is 2.88. The molecule has 0 bridgehead atoms. The molecular formula is C12H25NO. The van der Waals surface area contributed by atoms with Crippen LogP contribution in [0.5, 0.6) is 0 Å². The minimum absolute atomic E-state index is 0.566. The Morgan fingerprint density at radius 2 is 2.14 bits per heavy atom. The lowest BCUT2D eigenvalue weighted by Gasteiger charge is -2.16. The summed E-state index contributed by atoms with van der Waals surface area (Å²) in [4.78, 5) is 0. The molecule has 0 amide bonds. The molecule has 0 aromatic heterocycles. The predicted octanol–water partition coefficient (Wildman–Crippen LogP) is 2.58. The quantitative estimate of drug-likeness (QED) is 0.710. The number of rotatable bonds is 6. The molecule has 2 atom stereocenters. The lowest BCUT2D eigenvalue weighted by atomic mass is 10.0. The van der Waals surface area contributed by atoms with Crippen molar-refractivity contribution in [2.75, 3.05) is 13.2 Å². The zero-order chi connectivity index (χ0) is 10.4. The molecule has 1 fully saturated rings. The first-order chi connectivity index (χ1) is 6.68. The van der Waals surface area contributed by atoms with Crippen molar-refractivity contribution in [3.05, 3.63) is 0 Å². The highest BCUT2D eigenvalue weighted by atomic mass is 16.5. The van der Waals surface area contributed by atoms with E-state index in [4.69, 9.17) is 4.74 Å². The molecule has 1 saturated heterocycles. The third kappa shape index (κ3) is 4.97. The van der Waals surface area contributed by atoms with E-state index in [1.807, 2.05) is 0 Å². The van der Waals surface area contributed by atoms with E-state index >= 15 is 0 Å². The van der Waals surface area contributed by atoms with E-state index in [0.29, 0.717) is 12.1 Å². The van der Waals surface area contributed by atoms with Crippen LogP contribution in [0.1, 0.15) is 46.5 Å². The first-order valence-electron chi connectivity index (χ1n) is 6.03. The summed E-state index contributed by atoms with van der Waals surface area (Å²) >= 11 is 0. The van der Waals surface area contributed by atoms with Crippen LogP contribution in [0.3, 0.4) is 0 Å². The molecule has 0 aromatic carbocycles. The molecule has 1 rings (SSSR count). The van der Waals surface area contributed by atoms with Gasteiger partial charge in [0.1, 0.15) is 0 Å². The Bertz CT molecular complexity index is 141. The molecule has 0 aliphatic carbocycles. The van der Waals surface area contributed by atoms with Crippen molar-refractivity contribution in [3.63, 3.8) is 0 Å². The normalized spacial score (nSPS) is 24.4. The Morgan fingerprint density at radius 1 is 1.36 bits per heavy atom. The van der Waals surface area contributed by atoms with Gasteiger partial charge in [-0.1, -0.05) is 20.8 Å². The lowest BCUT2D eigenvalue weighted by molar-refractivity contribution is 0.0986. The molecule has 1 aliphatic rings. The van der Waals surface area contributed by atoms with Crippen LogP contribution in [0, 0.1) is 5.92 Å². The van der Waals surface area contributed by atoms with Crippen molar-refractivity contribution in [1.82, 2.24) is 5.32 Å². The number of nitrogens with one attached hydrogen (secondary N) is 1. The smallest absolute Gasteiger partial charge is 0.0576 e. The van der Waals surface area contributed by atoms with Gasteiger partial charge in [-0.15, -0.1) is 0 Å². The van der Waals surface area contributed by atoms with Crippen LogP contribution >= 0.6 is 0 Å². The molecule has 1 heterocycles. The second-order valence-corrected chi connectivity index (χ2v) is 4.88. The Balaban J connectivity index is 1.99. The molecule has 0 radical (unpaired) electrons. The average Bonchev–Trinajstić information content (AvgIpc) is 2.63. The highest BCUT2D eigenvalue weighted by Crippen LogP contribution is 2.19. The summed E-state index contributed by atoms with van der Waals surface area (Å²) in [5, 5.41) is 3.48. The summed E-state index contributed by atoms with van der Waals surface area (Å²) in [6.45, 7) is 8.86. The summed E-state index contributed by atoms with van der Waals surface area (Å²) in [6, 6.07) is 0.611. The van der Waals surface area contributed by atoms with Gasteiger partial charge in [-0.25, -0.2) is 0 Å². The fourth-order valence-electron chi connectivity index (χ4n) is 1.88. The van der Waals surface area contributed by atoms with Crippen LogP contribution in [0.2, 0.25) is 0 Å². The first-order valence-corrected chi connectivity index (χ1v) is 6.03. The van der Waals surface area contributed by atoms with Gasteiger partial charge in [0.2, 0.25) is 0 Å². The van der Waals surface area contributed by atoms with Gasteiger partial charge in [-0.2, -0.15) is 0 Å². The SMILES string of the molecule is CC(CCC1CCCO1)CNC(C)C. The zero-order valence-electron chi connectivity index (χ0n) is 9.88. The fourth-order valence-corrected chi connectivity index (χ4v) is 1.88. The van der Waals surface area contributed by atoms with E-state index < -0.39 is 0 Å². The van der Waals surface area contributed by atoms with Gasteiger partial charge < -0.3 is 10.1 Å². The zero-order valence-corrected chi connectivity index (χ0v) is 9.88. The van der Waals surface area contributed by atoms with E-state index in [1.165, 1.54) is 25.7 Å². The van der Waals surface area contributed by atoms with Crippen molar-refractivity contribution in [1.29, 1.82) is 0 Å². The van der Waals surface area contributed by atoms with Crippen molar-refractivity contribution in [3.8, 4) is 0 Å². The highest BCUT2D eigenvalue weighted by molar-refractivity contribution is 4.68. The number of hydrogen-bond acceptors (Lipinski definition) is 2. The Kier molecular flexibility index (Phi) is 5.49. The standard InChI is InChI=1S/C12H25NO/c1-10(2)13-9-11(3)6-7-12-5-4-8-14-12/h10-13H,4-9H2,1-3H3. The van der Waals surface area contributed by atoms with Crippen molar-refractivity contribution in [2.24, 2.45) is 5.92 Å². The highest BCUT2D eigenvalue weighted by Gasteiger charge is 2.16. The van der Waals surface area contributed by atoms with Crippen LogP contribution < -0.4 is 5.32 Å². The van der Waals surface area contributed by atoms with Gasteiger partial charge in [-0.3, -0.25) is 0 Å². The topological polar surface area (TPSA) is 21.3 Å². The van der Waals surface area contributed by atoms with Crippen LogP contribution in [-0.2, 0) is 4.74 Å². The van der Waals surface area contributed by atoms with Crippen molar-refractivity contribution in [2.45, 2.75) is 58.6 Å².